The SMILES string of the molecule is CS(=O)(=O)c1ccccc1C(c1ccccc1)N1CCN(C(=O)c2cncc(N)c2)CC1. The molecule has 1 amide bonds. The second-order valence-corrected chi connectivity index (χ2v) is 9.94. The van der Waals surface area contributed by atoms with Gasteiger partial charge in [0.2, 0.25) is 0 Å². The first kappa shape index (κ1) is 22.0. The quantitative estimate of drug-likeness (QED) is 0.642. The Morgan fingerprint density at radius 2 is 1.62 bits per heavy atom. The summed E-state index contributed by atoms with van der Waals surface area (Å²) < 4.78 is 25.0. The number of hydrogen-bond donors (Lipinski definition) is 1. The maximum atomic E-state index is 12.9. The molecule has 1 aromatic heterocycles. The van der Waals surface area contributed by atoms with Crippen LogP contribution in [0.4, 0.5) is 5.69 Å². The lowest BCUT2D eigenvalue weighted by Crippen LogP contribution is -2.50. The van der Waals surface area contributed by atoms with Crippen LogP contribution in [-0.2, 0) is 9.84 Å². The largest absolute Gasteiger partial charge is 0.397 e. The van der Waals surface area contributed by atoms with Crippen LogP contribution < -0.4 is 5.73 Å². The van der Waals surface area contributed by atoms with E-state index < -0.39 is 9.84 Å². The molecule has 8 heteroatoms. The fraction of sp³-hybridized carbons (Fsp3) is 0.250. The number of carbonyl (C=O) groups excluding carboxylic acids is 1. The smallest absolute Gasteiger partial charge is 0.255 e. The number of amides is 1. The van der Waals surface area contributed by atoms with Crippen LogP contribution in [-0.4, -0.2) is 61.5 Å². The van der Waals surface area contributed by atoms with Crippen molar-refractivity contribution < 1.29 is 13.2 Å². The molecular weight excluding hydrogens is 424 g/mol. The summed E-state index contributed by atoms with van der Waals surface area (Å²) in [5, 5.41) is 0. The number of pyridine rings is 1. The van der Waals surface area contributed by atoms with Crippen molar-refractivity contribution in [2.24, 2.45) is 0 Å². The van der Waals surface area contributed by atoms with Crippen molar-refractivity contribution in [2.75, 3.05) is 38.2 Å². The number of benzene rings is 2. The van der Waals surface area contributed by atoms with Gasteiger partial charge in [0, 0.05) is 44.8 Å². The summed E-state index contributed by atoms with van der Waals surface area (Å²) in [4.78, 5) is 21.3. The highest BCUT2D eigenvalue weighted by Crippen LogP contribution is 2.33. The molecule has 0 saturated carbocycles. The van der Waals surface area contributed by atoms with Crippen LogP contribution in [0.3, 0.4) is 0 Å². The molecule has 32 heavy (non-hydrogen) atoms. The zero-order valence-corrected chi connectivity index (χ0v) is 18.7. The van der Waals surface area contributed by atoms with Crippen LogP contribution in [0.1, 0.15) is 27.5 Å². The molecule has 0 radical (unpaired) electrons. The lowest BCUT2D eigenvalue weighted by Gasteiger charge is -2.40. The van der Waals surface area contributed by atoms with Gasteiger partial charge in [0.05, 0.1) is 22.2 Å². The minimum absolute atomic E-state index is 0.0998. The number of hydrogen-bond acceptors (Lipinski definition) is 6. The summed E-state index contributed by atoms with van der Waals surface area (Å²) in [6.07, 6.45) is 4.28. The van der Waals surface area contributed by atoms with Crippen molar-refractivity contribution in [1.29, 1.82) is 0 Å². The van der Waals surface area contributed by atoms with Crippen molar-refractivity contribution in [3.8, 4) is 0 Å². The van der Waals surface area contributed by atoms with E-state index in [2.05, 4.69) is 9.88 Å². The molecule has 2 heterocycles. The molecule has 1 aliphatic rings. The van der Waals surface area contributed by atoms with Gasteiger partial charge in [0.15, 0.2) is 9.84 Å². The van der Waals surface area contributed by atoms with Crippen molar-refractivity contribution >= 4 is 21.4 Å². The van der Waals surface area contributed by atoms with Crippen LogP contribution in [0.15, 0.2) is 78.0 Å². The zero-order valence-electron chi connectivity index (χ0n) is 17.9. The number of nitrogen functional groups attached to an aromatic ring is 1. The maximum absolute atomic E-state index is 12.9. The number of nitrogens with zero attached hydrogens (tertiary/aromatic N) is 3. The number of carbonyl (C=O) groups is 1. The fourth-order valence-electron chi connectivity index (χ4n) is 4.21. The van der Waals surface area contributed by atoms with Gasteiger partial charge >= 0.3 is 0 Å². The first-order valence-corrected chi connectivity index (χ1v) is 12.3. The van der Waals surface area contributed by atoms with Gasteiger partial charge in [0.1, 0.15) is 0 Å². The Morgan fingerprint density at radius 3 is 2.28 bits per heavy atom. The Morgan fingerprint density at radius 1 is 0.969 bits per heavy atom. The number of sulfone groups is 1. The Kier molecular flexibility index (Phi) is 6.25. The average molecular weight is 451 g/mol. The van der Waals surface area contributed by atoms with Crippen molar-refractivity contribution in [3.63, 3.8) is 0 Å². The number of rotatable bonds is 5. The molecule has 1 fully saturated rings. The summed E-state index contributed by atoms with van der Waals surface area (Å²) in [7, 11) is -3.40. The Balaban J connectivity index is 1.62. The predicted molar refractivity (Wildman–Crippen MR) is 124 cm³/mol. The standard InChI is InChI=1S/C24H26N4O3S/c1-32(30,31)22-10-6-5-9-21(22)23(18-7-3-2-4-8-18)27-11-13-28(14-12-27)24(29)19-15-20(25)17-26-16-19/h2-10,15-17,23H,11-14,25H2,1H3. The van der Waals surface area contributed by atoms with E-state index in [0.717, 1.165) is 11.1 Å². The topological polar surface area (TPSA) is 96.6 Å². The molecule has 0 bridgehead atoms. The van der Waals surface area contributed by atoms with Gasteiger partial charge < -0.3 is 10.6 Å². The van der Waals surface area contributed by atoms with Crippen molar-refractivity contribution in [3.05, 3.63) is 89.7 Å². The summed E-state index contributed by atoms with van der Waals surface area (Å²) in [5.74, 6) is -0.0998. The van der Waals surface area contributed by atoms with Gasteiger partial charge in [0.25, 0.3) is 5.91 Å². The molecule has 3 aromatic rings. The van der Waals surface area contributed by atoms with Crippen molar-refractivity contribution in [1.82, 2.24) is 14.8 Å². The van der Waals surface area contributed by atoms with Crippen LogP contribution in [0.2, 0.25) is 0 Å². The average Bonchev–Trinajstić information content (AvgIpc) is 2.80. The van der Waals surface area contributed by atoms with E-state index in [9.17, 15) is 13.2 Å². The minimum atomic E-state index is -3.40. The van der Waals surface area contributed by atoms with Crippen LogP contribution in [0.5, 0.6) is 0 Å². The molecular formula is C24H26N4O3S. The van der Waals surface area contributed by atoms with Gasteiger partial charge in [-0.25, -0.2) is 8.42 Å². The second-order valence-electron chi connectivity index (χ2n) is 7.96. The third-order valence-corrected chi connectivity index (χ3v) is 6.87. The molecule has 0 aliphatic carbocycles. The van der Waals surface area contributed by atoms with E-state index in [1.54, 1.807) is 23.1 Å². The predicted octanol–water partition coefficient (Wildman–Crippen LogP) is 2.61. The summed E-state index contributed by atoms with van der Waals surface area (Å²) in [5.41, 5.74) is 8.47. The normalized spacial score (nSPS) is 16.0. The first-order valence-electron chi connectivity index (χ1n) is 10.4. The Hall–Kier alpha value is -3.23. The van der Waals surface area contributed by atoms with E-state index >= 15 is 0 Å². The number of nitrogens with two attached hydrogens (primary N) is 1. The van der Waals surface area contributed by atoms with E-state index in [1.165, 1.54) is 18.6 Å². The minimum Gasteiger partial charge on any atom is -0.397 e. The van der Waals surface area contributed by atoms with Crippen LogP contribution >= 0.6 is 0 Å². The summed E-state index contributed by atoms with van der Waals surface area (Å²) in [6.45, 7) is 2.27. The first-order chi connectivity index (χ1) is 15.3. The van der Waals surface area contributed by atoms with Gasteiger partial charge in [-0.15, -0.1) is 0 Å². The molecule has 1 unspecified atom stereocenters. The van der Waals surface area contributed by atoms with E-state index in [4.69, 9.17) is 5.73 Å². The molecule has 7 nitrogen and oxygen atoms in total. The van der Waals surface area contributed by atoms with E-state index in [1.807, 2.05) is 42.5 Å². The number of piperazine rings is 1. The molecule has 1 saturated heterocycles. The Labute approximate surface area is 188 Å². The monoisotopic (exact) mass is 450 g/mol. The fourth-order valence-corrected chi connectivity index (χ4v) is 5.14. The van der Waals surface area contributed by atoms with Gasteiger partial charge in [-0.2, -0.15) is 0 Å². The molecule has 2 aromatic carbocycles. The highest BCUT2D eigenvalue weighted by atomic mass is 32.2. The lowest BCUT2D eigenvalue weighted by atomic mass is 9.96. The summed E-state index contributed by atoms with van der Waals surface area (Å²) >= 11 is 0. The second kappa shape index (κ2) is 9.10. The molecule has 2 N–H and O–H groups in total. The van der Waals surface area contributed by atoms with Gasteiger partial charge in [-0.3, -0.25) is 14.7 Å². The third kappa shape index (κ3) is 4.66. The van der Waals surface area contributed by atoms with Gasteiger partial charge in [-0.05, 0) is 23.3 Å². The number of anilines is 1. The maximum Gasteiger partial charge on any atom is 0.255 e. The van der Waals surface area contributed by atoms with Crippen molar-refractivity contribution in [2.45, 2.75) is 10.9 Å². The molecule has 1 atom stereocenters. The van der Waals surface area contributed by atoms with Crippen LogP contribution in [0, 0.1) is 0 Å². The molecule has 0 spiro atoms. The van der Waals surface area contributed by atoms with E-state index in [0.29, 0.717) is 42.3 Å². The number of aromatic nitrogens is 1. The Bertz CT molecular complexity index is 1210. The highest BCUT2D eigenvalue weighted by molar-refractivity contribution is 7.90. The van der Waals surface area contributed by atoms with Crippen LogP contribution in [0.25, 0.3) is 0 Å². The molecule has 4 rings (SSSR count). The van der Waals surface area contributed by atoms with E-state index in [-0.39, 0.29) is 11.9 Å². The molecule has 166 valence electrons. The highest BCUT2D eigenvalue weighted by Gasteiger charge is 2.31. The summed E-state index contributed by atoms with van der Waals surface area (Å²) in [6, 6.07) is 18.4. The lowest BCUT2D eigenvalue weighted by molar-refractivity contribution is 0.0595. The third-order valence-electron chi connectivity index (χ3n) is 5.70. The zero-order chi connectivity index (χ0) is 22.7. The van der Waals surface area contributed by atoms with Gasteiger partial charge in [-0.1, -0.05) is 48.5 Å². The molecule has 1 aliphatic heterocycles.